The van der Waals surface area contributed by atoms with Gasteiger partial charge in [0.25, 0.3) is 0 Å². The molecule has 1 aliphatic heterocycles. The van der Waals surface area contributed by atoms with Gasteiger partial charge in [0.05, 0.1) is 12.1 Å². The Labute approximate surface area is 102 Å². The van der Waals surface area contributed by atoms with Gasteiger partial charge in [-0.2, -0.15) is 0 Å². The Bertz CT molecular complexity index is 272. The minimum atomic E-state index is -0.247. The SMILES string of the molecule is NC1CNC(C(=O)NCC2CCCCC2O)C1. The van der Waals surface area contributed by atoms with E-state index < -0.39 is 0 Å². The van der Waals surface area contributed by atoms with Crippen molar-refractivity contribution >= 4 is 5.91 Å². The number of carbonyl (C=O) groups is 1. The predicted molar refractivity (Wildman–Crippen MR) is 65.4 cm³/mol. The summed E-state index contributed by atoms with van der Waals surface area (Å²) in [4.78, 5) is 11.8. The summed E-state index contributed by atoms with van der Waals surface area (Å²) < 4.78 is 0. The fourth-order valence-electron chi connectivity index (χ4n) is 2.74. The van der Waals surface area contributed by atoms with Gasteiger partial charge in [-0.25, -0.2) is 0 Å². The number of nitrogens with one attached hydrogen (secondary N) is 2. The summed E-state index contributed by atoms with van der Waals surface area (Å²) >= 11 is 0. The molecule has 2 fully saturated rings. The first-order valence-corrected chi connectivity index (χ1v) is 6.61. The van der Waals surface area contributed by atoms with Gasteiger partial charge in [-0.3, -0.25) is 4.79 Å². The number of hydrogen-bond donors (Lipinski definition) is 4. The van der Waals surface area contributed by atoms with Crippen molar-refractivity contribution in [3.05, 3.63) is 0 Å². The highest BCUT2D eigenvalue weighted by Gasteiger charge is 2.28. The minimum absolute atomic E-state index is 0.0238. The molecule has 1 saturated heterocycles. The van der Waals surface area contributed by atoms with Crippen LogP contribution in [0.5, 0.6) is 0 Å². The number of amides is 1. The third-order valence-corrected chi connectivity index (χ3v) is 3.89. The highest BCUT2D eigenvalue weighted by molar-refractivity contribution is 5.82. The average Bonchev–Trinajstić information content (AvgIpc) is 2.74. The lowest BCUT2D eigenvalue weighted by atomic mass is 9.86. The maximum atomic E-state index is 11.8. The van der Waals surface area contributed by atoms with Crippen molar-refractivity contribution in [2.45, 2.75) is 50.3 Å². The van der Waals surface area contributed by atoms with Crippen LogP contribution in [-0.4, -0.2) is 42.3 Å². The molecule has 2 rings (SSSR count). The van der Waals surface area contributed by atoms with Gasteiger partial charge < -0.3 is 21.5 Å². The Morgan fingerprint density at radius 1 is 1.41 bits per heavy atom. The monoisotopic (exact) mass is 241 g/mol. The molecule has 0 spiro atoms. The predicted octanol–water partition coefficient (Wildman–Crippen LogP) is -0.657. The van der Waals surface area contributed by atoms with E-state index in [4.69, 9.17) is 5.73 Å². The summed E-state index contributed by atoms with van der Waals surface area (Å²) in [5.41, 5.74) is 5.74. The Morgan fingerprint density at radius 2 is 2.18 bits per heavy atom. The molecular weight excluding hydrogens is 218 g/mol. The van der Waals surface area contributed by atoms with E-state index in [0.717, 1.165) is 25.7 Å². The van der Waals surface area contributed by atoms with E-state index in [2.05, 4.69) is 10.6 Å². The zero-order valence-electron chi connectivity index (χ0n) is 10.2. The van der Waals surface area contributed by atoms with Crippen LogP contribution < -0.4 is 16.4 Å². The molecule has 1 amide bonds. The first kappa shape index (κ1) is 12.8. The van der Waals surface area contributed by atoms with Crippen LogP contribution in [0.25, 0.3) is 0 Å². The van der Waals surface area contributed by atoms with Crippen LogP contribution in [0.1, 0.15) is 32.1 Å². The van der Waals surface area contributed by atoms with Gasteiger partial charge in [0, 0.05) is 25.0 Å². The van der Waals surface area contributed by atoms with Crippen molar-refractivity contribution in [2.24, 2.45) is 11.7 Å². The summed E-state index contributed by atoms with van der Waals surface area (Å²) in [5.74, 6) is 0.249. The Hall–Kier alpha value is -0.650. The quantitative estimate of drug-likeness (QED) is 0.528. The third kappa shape index (κ3) is 3.40. The zero-order valence-corrected chi connectivity index (χ0v) is 10.2. The molecule has 0 aromatic carbocycles. The largest absolute Gasteiger partial charge is 0.393 e. The lowest BCUT2D eigenvalue weighted by Crippen LogP contribution is -2.44. The summed E-state index contributed by atoms with van der Waals surface area (Å²) in [6.45, 7) is 1.30. The molecule has 5 nitrogen and oxygen atoms in total. The normalized spacial score (nSPS) is 38.0. The smallest absolute Gasteiger partial charge is 0.237 e. The topological polar surface area (TPSA) is 87.4 Å². The van der Waals surface area contributed by atoms with E-state index in [1.165, 1.54) is 0 Å². The Morgan fingerprint density at radius 3 is 2.82 bits per heavy atom. The summed E-state index contributed by atoms with van der Waals surface area (Å²) in [6.07, 6.45) is 4.60. The summed E-state index contributed by atoms with van der Waals surface area (Å²) in [5, 5.41) is 15.8. The Kier molecular flexibility index (Phi) is 4.36. The second-order valence-electron chi connectivity index (χ2n) is 5.31. The minimum Gasteiger partial charge on any atom is -0.393 e. The molecule has 17 heavy (non-hydrogen) atoms. The third-order valence-electron chi connectivity index (χ3n) is 3.89. The van der Waals surface area contributed by atoms with E-state index in [-0.39, 0.29) is 30.0 Å². The molecule has 0 aromatic heterocycles. The standard InChI is InChI=1S/C12H23N3O2/c13-9-5-10(14-7-9)12(17)15-6-8-3-1-2-4-11(8)16/h8-11,14,16H,1-7,13H2,(H,15,17). The highest BCUT2D eigenvalue weighted by atomic mass is 16.3. The molecule has 0 aromatic rings. The van der Waals surface area contributed by atoms with Gasteiger partial charge in [-0.15, -0.1) is 0 Å². The van der Waals surface area contributed by atoms with E-state index >= 15 is 0 Å². The first-order valence-electron chi connectivity index (χ1n) is 6.61. The number of aliphatic hydroxyl groups is 1. The van der Waals surface area contributed by atoms with Crippen molar-refractivity contribution in [2.75, 3.05) is 13.1 Å². The molecular formula is C12H23N3O2. The molecule has 4 unspecified atom stereocenters. The maximum absolute atomic E-state index is 11.8. The average molecular weight is 241 g/mol. The molecule has 1 saturated carbocycles. The Balaban J connectivity index is 1.72. The molecule has 5 heteroatoms. The molecule has 0 bridgehead atoms. The van der Waals surface area contributed by atoms with E-state index in [1.54, 1.807) is 0 Å². The number of carbonyl (C=O) groups excluding carboxylic acids is 1. The lowest BCUT2D eigenvalue weighted by molar-refractivity contribution is -0.123. The zero-order chi connectivity index (χ0) is 12.3. The fraction of sp³-hybridized carbons (Fsp3) is 0.917. The van der Waals surface area contributed by atoms with E-state index in [1.807, 2.05) is 0 Å². The number of nitrogens with two attached hydrogens (primary N) is 1. The lowest BCUT2D eigenvalue weighted by Gasteiger charge is -2.28. The summed E-state index contributed by atoms with van der Waals surface area (Å²) in [7, 11) is 0. The van der Waals surface area contributed by atoms with Gasteiger partial charge in [-0.05, 0) is 19.3 Å². The van der Waals surface area contributed by atoms with Gasteiger partial charge in [0.1, 0.15) is 0 Å². The van der Waals surface area contributed by atoms with Crippen molar-refractivity contribution in [1.29, 1.82) is 0 Å². The first-order chi connectivity index (χ1) is 8.16. The van der Waals surface area contributed by atoms with Crippen molar-refractivity contribution in [3.63, 3.8) is 0 Å². The van der Waals surface area contributed by atoms with Crippen molar-refractivity contribution < 1.29 is 9.90 Å². The second-order valence-corrected chi connectivity index (χ2v) is 5.31. The van der Waals surface area contributed by atoms with Gasteiger partial charge >= 0.3 is 0 Å². The molecule has 2 aliphatic rings. The van der Waals surface area contributed by atoms with Crippen LogP contribution in [0.2, 0.25) is 0 Å². The van der Waals surface area contributed by atoms with Crippen LogP contribution >= 0.6 is 0 Å². The van der Waals surface area contributed by atoms with Crippen LogP contribution in [0.4, 0.5) is 0 Å². The van der Waals surface area contributed by atoms with E-state index in [0.29, 0.717) is 19.5 Å². The van der Waals surface area contributed by atoms with Gasteiger partial charge in [0.2, 0.25) is 5.91 Å². The van der Waals surface area contributed by atoms with Crippen molar-refractivity contribution in [3.8, 4) is 0 Å². The molecule has 0 radical (unpaired) electrons. The van der Waals surface area contributed by atoms with Crippen LogP contribution in [0, 0.1) is 5.92 Å². The van der Waals surface area contributed by atoms with Gasteiger partial charge in [0.15, 0.2) is 0 Å². The van der Waals surface area contributed by atoms with Crippen molar-refractivity contribution in [1.82, 2.24) is 10.6 Å². The van der Waals surface area contributed by atoms with Gasteiger partial charge in [-0.1, -0.05) is 12.8 Å². The molecule has 1 aliphatic carbocycles. The maximum Gasteiger partial charge on any atom is 0.237 e. The van der Waals surface area contributed by atoms with Crippen LogP contribution in [0.3, 0.4) is 0 Å². The fourth-order valence-corrected chi connectivity index (χ4v) is 2.74. The van der Waals surface area contributed by atoms with Crippen LogP contribution in [0.15, 0.2) is 0 Å². The highest BCUT2D eigenvalue weighted by Crippen LogP contribution is 2.23. The molecule has 4 atom stereocenters. The molecule has 98 valence electrons. The van der Waals surface area contributed by atoms with Crippen LogP contribution in [-0.2, 0) is 4.79 Å². The summed E-state index contributed by atoms with van der Waals surface area (Å²) in [6, 6.07) is -0.0586. The number of hydrogen-bond acceptors (Lipinski definition) is 4. The molecule has 1 heterocycles. The molecule has 5 N–H and O–H groups in total. The number of rotatable bonds is 3. The number of aliphatic hydroxyl groups excluding tert-OH is 1. The van der Waals surface area contributed by atoms with E-state index in [9.17, 15) is 9.90 Å². The second kappa shape index (κ2) is 5.80.